The molecule has 6 heteroatoms. The van der Waals surface area contributed by atoms with E-state index >= 15 is 0 Å². The van der Waals surface area contributed by atoms with Crippen molar-refractivity contribution < 1.29 is 8.42 Å². The first-order chi connectivity index (χ1) is 8.86. The first-order valence-corrected chi connectivity index (χ1v) is 8.93. The van der Waals surface area contributed by atoms with Crippen molar-refractivity contribution >= 4 is 21.4 Å². The molecule has 0 aliphatic carbocycles. The maximum atomic E-state index is 12.7. The molecule has 0 saturated heterocycles. The van der Waals surface area contributed by atoms with Crippen molar-refractivity contribution in [3.05, 3.63) is 15.8 Å². The molecule has 0 aromatic carbocycles. The Bertz CT molecular complexity index is 509. The van der Waals surface area contributed by atoms with Crippen molar-refractivity contribution in [2.45, 2.75) is 51.6 Å². The van der Waals surface area contributed by atoms with Crippen molar-refractivity contribution in [3.63, 3.8) is 0 Å². The molecule has 0 radical (unpaired) electrons. The second kappa shape index (κ2) is 6.83. The first-order valence-electron chi connectivity index (χ1n) is 6.61. The molecule has 1 N–H and O–H groups in total. The molecule has 0 aliphatic rings. The highest BCUT2D eigenvalue weighted by atomic mass is 32.2. The third-order valence-electron chi connectivity index (χ3n) is 3.37. The lowest BCUT2D eigenvalue weighted by Gasteiger charge is -2.24. The van der Waals surface area contributed by atoms with Crippen LogP contribution in [0, 0.1) is 6.92 Å². The van der Waals surface area contributed by atoms with Crippen molar-refractivity contribution in [1.82, 2.24) is 9.62 Å². The van der Waals surface area contributed by atoms with Crippen molar-refractivity contribution in [2.24, 2.45) is 0 Å². The van der Waals surface area contributed by atoms with Crippen LogP contribution >= 0.6 is 11.3 Å². The van der Waals surface area contributed by atoms with Gasteiger partial charge in [-0.15, -0.1) is 11.3 Å². The topological polar surface area (TPSA) is 49.4 Å². The summed E-state index contributed by atoms with van der Waals surface area (Å²) in [7, 11) is -1.73. The quantitative estimate of drug-likeness (QED) is 0.842. The SMILES string of the molecule is CCNCc1scc(C)c1S(=O)(=O)N(C)C(C)CC. The predicted octanol–water partition coefficient (Wildman–Crippen LogP) is 2.59. The fourth-order valence-electron chi connectivity index (χ4n) is 1.83. The minimum atomic E-state index is -3.39. The molecule has 0 bridgehead atoms. The van der Waals surface area contributed by atoms with Gasteiger partial charge in [-0.25, -0.2) is 8.42 Å². The molecule has 19 heavy (non-hydrogen) atoms. The summed E-state index contributed by atoms with van der Waals surface area (Å²) in [5, 5.41) is 5.12. The van der Waals surface area contributed by atoms with Crippen LogP contribution in [0.5, 0.6) is 0 Å². The largest absolute Gasteiger partial charge is 0.312 e. The monoisotopic (exact) mass is 304 g/mol. The van der Waals surface area contributed by atoms with Crippen LogP contribution in [0.3, 0.4) is 0 Å². The molecule has 1 unspecified atom stereocenters. The molecule has 0 amide bonds. The van der Waals surface area contributed by atoms with Gasteiger partial charge in [-0.2, -0.15) is 4.31 Å². The number of rotatable bonds is 7. The lowest BCUT2D eigenvalue weighted by Crippen LogP contribution is -2.35. The van der Waals surface area contributed by atoms with Gasteiger partial charge in [-0.3, -0.25) is 0 Å². The van der Waals surface area contributed by atoms with Crippen LogP contribution in [0.15, 0.2) is 10.3 Å². The minimum absolute atomic E-state index is 0.0104. The predicted molar refractivity (Wildman–Crippen MR) is 81.1 cm³/mol. The Morgan fingerprint density at radius 2 is 2.05 bits per heavy atom. The zero-order valence-corrected chi connectivity index (χ0v) is 14.0. The van der Waals surface area contributed by atoms with Crippen molar-refractivity contribution in [3.8, 4) is 0 Å². The Morgan fingerprint density at radius 1 is 1.42 bits per heavy atom. The smallest absolute Gasteiger partial charge is 0.244 e. The summed E-state index contributed by atoms with van der Waals surface area (Å²) in [6.45, 7) is 9.25. The van der Waals surface area contributed by atoms with E-state index in [4.69, 9.17) is 0 Å². The van der Waals surface area contributed by atoms with Crippen LogP contribution in [0.1, 0.15) is 37.6 Å². The van der Waals surface area contributed by atoms with E-state index in [0.29, 0.717) is 11.4 Å². The summed E-state index contributed by atoms with van der Waals surface area (Å²) in [5.41, 5.74) is 0.841. The van der Waals surface area contributed by atoms with Crippen LogP contribution in [-0.2, 0) is 16.6 Å². The number of aryl methyl sites for hydroxylation is 1. The molecule has 0 fully saturated rings. The molecule has 1 aromatic rings. The highest BCUT2D eigenvalue weighted by molar-refractivity contribution is 7.89. The van der Waals surface area contributed by atoms with Crippen LogP contribution < -0.4 is 5.32 Å². The van der Waals surface area contributed by atoms with Gasteiger partial charge in [0.25, 0.3) is 0 Å². The van der Waals surface area contributed by atoms with Gasteiger partial charge in [0, 0.05) is 24.5 Å². The van der Waals surface area contributed by atoms with Crippen molar-refractivity contribution in [1.29, 1.82) is 0 Å². The maximum absolute atomic E-state index is 12.7. The molecule has 4 nitrogen and oxygen atoms in total. The Morgan fingerprint density at radius 3 is 2.58 bits per heavy atom. The summed E-state index contributed by atoms with van der Waals surface area (Å²) >= 11 is 1.51. The van der Waals surface area contributed by atoms with Gasteiger partial charge in [-0.05, 0) is 37.8 Å². The number of hydrogen-bond donors (Lipinski definition) is 1. The molecule has 1 heterocycles. The second-order valence-electron chi connectivity index (χ2n) is 4.73. The van der Waals surface area contributed by atoms with Crippen LogP contribution in [-0.4, -0.2) is 32.4 Å². The average Bonchev–Trinajstić information content (AvgIpc) is 2.76. The minimum Gasteiger partial charge on any atom is -0.312 e. The van der Waals surface area contributed by atoms with E-state index in [1.165, 1.54) is 15.6 Å². The Hall–Kier alpha value is -0.430. The van der Waals surface area contributed by atoms with Gasteiger partial charge in [0.1, 0.15) is 4.90 Å². The Labute approximate surface area is 120 Å². The fourth-order valence-corrected chi connectivity index (χ4v) is 4.99. The van der Waals surface area contributed by atoms with E-state index in [2.05, 4.69) is 5.32 Å². The van der Waals surface area contributed by atoms with E-state index in [1.807, 2.05) is 33.1 Å². The molecule has 0 saturated carbocycles. The standard InChI is InChI=1S/C13H24N2O2S2/c1-6-11(4)15(5)19(16,17)13-10(3)9-18-12(13)8-14-7-2/h9,11,14H,6-8H2,1-5H3. The molecule has 0 aliphatic heterocycles. The summed E-state index contributed by atoms with van der Waals surface area (Å²) in [4.78, 5) is 1.38. The third kappa shape index (κ3) is 3.56. The molecule has 1 atom stereocenters. The fraction of sp³-hybridized carbons (Fsp3) is 0.692. The summed E-state index contributed by atoms with van der Waals surface area (Å²) in [6.07, 6.45) is 0.807. The zero-order chi connectivity index (χ0) is 14.6. The van der Waals surface area contributed by atoms with E-state index in [0.717, 1.165) is 23.4 Å². The highest BCUT2D eigenvalue weighted by Gasteiger charge is 2.29. The van der Waals surface area contributed by atoms with Gasteiger partial charge in [0.05, 0.1) is 0 Å². The maximum Gasteiger partial charge on any atom is 0.244 e. The van der Waals surface area contributed by atoms with Gasteiger partial charge in [0.15, 0.2) is 0 Å². The first kappa shape index (κ1) is 16.6. The Balaban J connectivity index is 3.17. The van der Waals surface area contributed by atoms with Gasteiger partial charge in [-0.1, -0.05) is 13.8 Å². The highest BCUT2D eigenvalue weighted by Crippen LogP contribution is 2.30. The molecule has 1 rings (SSSR count). The van der Waals surface area contributed by atoms with Gasteiger partial charge in [0.2, 0.25) is 10.0 Å². The van der Waals surface area contributed by atoms with E-state index in [1.54, 1.807) is 7.05 Å². The molecular formula is C13H24N2O2S2. The number of nitrogens with zero attached hydrogens (tertiary/aromatic N) is 1. The lowest BCUT2D eigenvalue weighted by atomic mass is 10.3. The van der Waals surface area contributed by atoms with E-state index in [9.17, 15) is 8.42 Å². The van der Waals surface area contributed by atoms with E-state index < -0.39 is 10.0 Å². The van der Waals surface area contributed by atoms with Crippen LogP contribution in [0.2, 0.25) is 0 Å². The molecule has 0 spiro atoms. The summed E-state index contributed by atoms with van der Waals surface area (Å²) in [5.74, 6) is 0. The molecular weight excluding hydrogens is 280 g/mol. The van der Waals surface area contributed by atoms with Crippen LogP contribution in [0.4, 0.5) is 0 Å². The lowest BCUT2D eigenvalue weighted by molar-refractivity contribution is 0.380. The number of sulfonamides is 1. The molecule has 110 valence electrons. The number of thiophene rings is 1. The Kier molecular flexibility index (Phi) is 5.98. The zero-order valence-electron chi connectivity index (χ0n) is 12.4. The second-order valence-corrected chi connectivity index (χ2v) is 7.63. The van der Waals surface area contributed by atoms with Crippen molar-refractivity contribution in [2.75, 3.05) is 13.6 Å². The van der Waals surface area contributed by atoms with Gasteiger partial charge >= 0.3 is 0 Å². The van der Waals surface area contributed by atoms with Crippen LogP contribution in [0.25, 0.3) is 0 Å². The van der Waals surface area contributed by atoms with Gasteiger partial charge < -0.3 is 5.32 Å². The molecule has 1 aromatic heterocycles. The number of hydrogen-bond acceptors (Lipinski definition) is 4. The summed E-state index contributed by atoms with van der Waals surface area (Å²) < 4.78 is 26.9. The van der Waals surface area contributed by atoms with E-state index in [-0.39, 0.29) is 6.04 Å². The average molecular weight is 304 g/mol. The number of nitrogens with one attached hydrogen (secondary N) is 1. The normalized spacial score (nSPS) is 14.0. The third-order valence-corrected chi connectivity index (χ3v) is 6.81. The summed E-state index contributed by atoms with van der Waals surface area (Å²) in [6, 6.07) is 0.0104.